The molecule has 1 amide bonds. The van der Waals surface area contributed by atoms with Crippen LogP contribution in [-0.4, -0.2) is 58.6 Å². The molecular weight excluding hydrogens is 240 g/mol. The van der Waals surface area contributed by atoms with Crippen LogP contribution in [0.4, 0.5) is 0 Å². The molecule has 0 saturated carbocycles. The van der Waals surface area contributed by atoms with E-state index in [0.717, 1.165) is 51.6 Å². The van der Waals surface area contributed by atoms with Gasteiger partial charge in [0.2, 0.25) is 5.91 Å². The average molecular weight is 266 g/mol. The molecule has 4 heteroatoms. The van der Waals surface area contributed by atoms with Gasteiger partial charge < -0.3 is 10.0 Å². The van der Waals surface area contributed by atoms with Crippen LogP contribution in [0.2, 0.25) is 0 Å². The molecule has 3 rings (SSSR count). The number of hydrogen-bond acceptors (Lipinski definition) is 3. The maximum Gasteiger partial charge on any atom is 0.236 e. The second-order valence-electron chi connectivity index (χ2n) is 6.48. The first-order valence-corrected chi connectivity index (χ1v) is 7.95. The van der Waals surface area contributed by atoms with Crippen molar-refractivity contribution in [1.82, 2.24) is 9.80 Å². The van der Waals surface area contributed by atoms with Gasteiger partial charge in [0.25, 0.3) is 0 Å². The molecule has 2 bridgehead atoms. The van der Waals surface area contributed by atoms with Crippen molar-refractivity contribution in [3.8, 4) is 0 Å². The third kappa shape index (κ3) is 2.95. The van der Waals surface area contributed by atoms with Crippen LogP contribution >= 0.6 is 0 Å². The van der Waals surface area contributed by atoms with Crippen molar-refractivity contribution in [3.05, 3.63) is 0 Å². The Bertz CT molecular complexity index is 312. The number of nitrogens with zero attached hydrogens (tertiary/aromatic N) is 2. The second kappa shape index (κ2) is 5.80. The third-order valence-corrected chi connectivity index (χ3v) is 5.14. The minimum absolute atomic E-state index is 0.137. The summed E-state index contributed by atoms with van der Waals surface area (Å²) in [5.41, 5.74) is 0. The Balaban J connectivity index is 1.57. The molecule has 2 atom stereocenters. The highest BCUT2D eigenvalue weighted by Gasteiger charge is 2.41. The monoisotopic (exact) mass is 266 g/mol. The summed E-state index contributed by atoms with van der Waals surface area (Å²) in [5.74, 6) is 0.315. The van der Waals surface area contributed by atoms with Gasteiger partial charge in [0.05, 0.1) is 12.6 Å². The van der Waals surface area contributed by atoms with Gasteiger partial charge in [0, 0.05) is 25.2 Å². The van der Waals surface area contributed by atoms with E-state index in [1.807, 2.05) is 0 Å². The number of carbonyl (C=O) groups is 1. The predicted molar refractivity (Wildman–Crippen MR) is 73.8 cm³/mol. The van der Waals surface area contributed by atoms with Gasteiger partial charge in [-0.3, -0.25) is 9.69 Å². The lowest BCUT2D eigenvalue weighted by Gasteiger charge is -2.37. The molecule has 0 aromatic heterocycles. The van der Waals surface area contributed by atoms with Crippen LogP contribution in [0.5, 0.6) is 0 Å². The van der Waals surface area contributed by atoms with Crippen LogP contribution in [0.3, 0.4) is 0 Å². The fourth-order valence-electron chi connectivity index (χ4n) is 4.08. The van der Waals surface area contributed by atoms with Crippen LogP contribution in [0.15, 0.2) is 0 Å². The standard InChI is InChI=1S/C15H26N2O2/c18-14-9-12-5-6-13(10-14)17(12)11-15(19)16-7-3-1-2-4-8-16/h12-14,18H,1-11H2. The number of aliphatic hydroxyl groups is 1. The fourth-order valence-corrected chi connectivity index (χ4v) is 4.08. The zero-order valence-electron chi connectivity index (χ0n) is 11.8. The molecule has 0 aliphatic carbocycles. The summed E-state index contributed by atoms with van der Waals surface area (Å²) in [6, 6.07) is 0.898. The molecule has 3 saturated heterocycles. The average Bonchev–Trinajstić information content (AvgIpc) is 2.65. The molecule has 3 fully saturated rings. The molecule has 0 aromatic rings. The van der Waals surface area contributed by atoms with Crippen LogP contribution in [0.1, 0.15) is 51.4 Å². The minimum atomic E-state index is -0.137. The first-order valence-electron chi connectivity index (χ1n) is 7.95. The number of hydrogen-bond donors (Lipinski definition) is 1. The molecular formula is C15H26N2O2. The number of rotatable bonds is 2. The fraction of sp³-hybridized carbons (Fsp3) is 0.933. The normalized spacial score (nSPS) is 36.3. The van der Waals surface area contributed by atoms with Gasteiger partial charge in [-0.2, -0.15) is 0 Å². The van der Waals surface area contributed by atoms with Crippen LogP contribution in [-0.2, 0) is 4.79 Å². The van der Waals surface area contributed by atoms with Gasteiger partial charge in [-0.05, 0) is 38.5 Å². The van der Waals surface area contributed by atoms with E-state index in [0.29, 0.717) is 24.5 Å². The predicted octanol–water partition coefficient (Wildman–Crippen LogP) is 1.38. The summed E-state index contributed by atoms with van der Waals surface area (Å²) in [7, 11) is 0. The lowest BCUT2D eigenvalue weighted by atomic mass is 10.00. The molecule has 108 valence electrons. The number of carbonyl (C=O) groups excluding carboxylic acids is 1. The van der Waals surface area contributed by atoms with E-state index in [2.05, 4.69) is 9.80 Å². The van der Waals surface area contributed by atoms with Gasteiger partial charge >= 0.3 is 0 Å². The third-order valence-electron chi connectivity index (χ3n) is 5.14. The number of amides is 1. The maximum atomic E-state index is 12.4. The topological polar surface area (TPSA) is 43.8 Å². The van der Waals surface area contributed by atoms with Gasteiger partial charge in [0.1, 0.15) is 0 Å². The lowest BCUT2D eigenvalue weighted by Crippen LogP contribution is -2.50. The van der Waals surface area contributed by atoms with E-state index < -0.39 is 0 Å². The Labute approximate surface area is 115 Å². The Morgan fingerprint density at radius 1 is 1.00 bits per heavy atom. The minimum Gasteiger partial charge on any atom is -0.393 e. The summed E-state index contributed by atoms with van der Waals surface area (Å²) in [5, 5.41) is 9.81. The highest BCUT2D eigenvalue weighted by atomic mass is 16.3. The van der Waals surface area contributed by atoms with Gasteiger partial charge in [-0.15, -0.1) is 0 Å². The number of aliphatic hydroxyl groups excluding tert-OH is 1. The molecule has 2 unspecified atom stereocenters. The number of likely N-dealkylation sites (tertiary alicyclic amines) is 1. The Kier molecular flexibility index (Phi) is 4.08. The van der Waals surface area contributed by atoms with Crippen molar-refractivity contribution in [3.63, 3.8) is 0 Å². The van der Waals surface area contributed by atoms with E-state index in [1.54, 1.807) is 0 Å². The van der Waals surface area contributed by atoms with Gasteiger partial charge in [-0.1, -0.05) is 12.8 Å². The molecule has 3 aliphatic rings. The van der Waals surface area contributed by atoms with Gasteiger partial charge in [-0.25, -0.2) is 0 Å². The number of piperidine rings is 1. The van der Waals surface area contributed by atoms with Crippen LogP contribution in [0, 0.1) is 0 Å². The molecule has 1 N–H and O–H groups in total. The second-order valence-corrected chi connectivity index (χ2v) is 6.48. The molecule has 0 radical (unpaired) electrons. The summed E-state index contributed by atoms with van der Waals surface area (Å²) in [6.07, 6.45) is 8.78. The van der Waals surface area contributed by atoms with E-state index in [9.17, 15) is 9.90 Å². The summed E-state index contributed by atoms with van der Waals surface area (Å²) >= 11 is 0. The maximum absolute atomic E-state index is 12.4. The van der Waals surface area contributed by atoms with E-state index in [1.165, 1.54) is 12.8 Å². The van der Waals surface area contributed by atoms with Crippen molar-refractivity contribution in [2.24, 2.45) is 0 Å². The molecule has 3 aliphatic heterocycles. The van der Waals surface area contributed by atoms with Crippen molar-refractivity contribution in [2.45, 2.75) is 69.6 Å². The zero-order chi connectivity index (χ0) is 13.2. The van der Waals surface area contributed by atoms with E-state index in [-0.39, 0.29) is 6.10 Å². The summed E-state index contributed by atoms with van der Waals surface area (Å²) < 4.78 is 0. The van der Waals surface area contributed by atoms with Crippen LogP contribution in [0.25, 0.3) is 0 Å². The lowest BCUT2D eigenvalue weighted by molar-refractivity contribution is -0.134. The molecule has 4 nitrogen and oxygen atoms in total. The summed E-state index contributed by atoms with van der Waals surface area (Å²) in [4.78, 5) is 16.9. The van der Waals surface area contributed by atoms with Crippen molar-refractivity contribution in [1.29, 1.82) is 0 Å². The van der Waals surface area contributed by atoms with Crippen LogP contribution < -0.4 is 0 Å². The van der Waals surface area contributed by atoms with Crippen molar-refractivity contribution < 1.29 is 9.90 Å². The first kappa shape index (κ1) is 13.4. The smallest absolute Gasteiger partial charge is 0.236 e. The Morgan fingerprint density at radius 2 is 1.58 bits per heavy atom. The SMILES string of the molecule is O=C(CN1C2CCC1CC(O)C2)N1CCCCCC1. The van der Waals surface area contributed by atoms with Crippen molar-refractivity contribution in [2.75, 3.05) is 19.6 Å². The van der Waals surface area contributed by atoms with Crippen molar-refractivity contribution >= 4 is 5.91 Å². The number of fused-ring (bicyclic) bond motifs is 2. The van der Waals surface area contributed by atoms with Gasteiger partial charge in [0.15, 0.2) is 0 Å². The highest BCUT2D eigenvalue weighted by molar-refractivity contribution is 5.78. The first-order chi connectivity index (χ1) is 9.24. The molecule has 3 heterocycles. The zero-order valence-corrected chi connectivity index (χ0v) is 11.8. The molecule has 19 heavy (non-hydrogen) atoms. The highest BCUT2D eigenvalue weighted by Crippen LogP contribution is 2.35. The molecule has 0 aromatic carbocycles. The molecule has 0 spiro atoms. The van der Waals surface area contributed by atoms with E-state index in [4.69, 9.17) is 0 Å². The quantitative estimate of drug-likeness (QED) is 0.821. The van der Waals surface area contributed by atoms with E-state index >= 15 is 0 Å². The Morgan fingerprint density at radius 3 is 2.16 bits per heavy atom. The Hall–Kier alpha value is -0.610. The summed E-state index contributed by atoms with van der Waals surface area (Å²) in [6.45, 7) is 2.48. The largest absolute Gasteiger partial charge is 0.393 e.